The lowest BCUT2D eigenvalue weighted by molar-refractivity contribution is -0.256. The van der Waals surface area contributed by atoms with Gasteiger partial charge in [0, 0.05) is 25.2 Å². The molecule has 0 radical (unpaired) electrons. The van der Waals surface area contributed by atoms with Gasteiger partial charge in [0.2, 0.25) is 5.88 Å². The SMILES string of the molecule is O=NC1CCCN(C(=O)c2ccc(-c3cnc(OCC4CCN(CC5(C(F)(F)F)CCC5)CC4)cn3)cc2F)C1. The number of piperidine rings is 2. The fourth-order valence-corrected chi connectivity index (χ4v) is 5.86. The van der Waals surface area contributed by atoms with Gasteiger partial charge in [-0.1, -0.05) is 17.7 Å². The third kappa shape index (κ3) is 6.11. The highest BCUT2D eigenvalue weighted by atomic mass is 19.4. The van der Waals surface area contributed by atoms with Crippen molar-refractivity contribution in [1.82, 2.24) is 19.8 Å². The molecular formula is C28H33F4N5O3. The molecule has 12 heteroatoms. The van der Waals surface area contributed by atoms with Crippen molar-refractivity contribution < 1.29 is 27.1 Å². The number of hydrogen-bond donors (Lipinski definition) is 0. The molecule has 2 saturated heterocycles. The van der Waals surface area contributed by atoms with Crippen LogP contribution < -0.4 is 4.74 Å². The van der Waals surface area contributed by atoms with Gasteiger partial charge in [-0.3, -0.25) is 4.79 Å². The molecule has 5 rings (SSSR count). The summed E-state index contributed by atoms with van der Waals surface area (Å²) in [5.41, 5.74) is -0.737. The van der Waals surface area contributed by atoms with E-state index in [2.05, 4.69) is 15.1 Å². The summed E-state index contributed by atoms with van der Waals surface area (Å²) in [5, 5.41) is 3.02. The van der Waals surface area contributed by atoms with E-state index in [0.717, 1.165) is 12.8 Å². The van der Waals surface area contributed by atoms with E-state index >= 15 is 0 Å². The summed E-state index contributed by atoms with van der Waals surface area (Å²) in [6, 6.07) is 3.77. The van der Waals surface area contributed by atoms with Crippen LogP contribution in [0.1, 0.15) is 55.3 Å². The summed E-state index contributed by atoms with van der Waals surface area (Å²) in [7, 11) is 0. The lowest BCUT2D eigenvalue weighted by Crippen LogP contribution is -2.53. The maximum Gasteiger partial charge on any atom is 0.395 e. The van der Waals surface area contributed by atoms with Gasteiger partial charge in [0.15, 0.2) is 0 Å². The number of carbonyl (C=O) groups excluding carboxylic acids is 1. The number of nitroso groups, excluding NO2 is 1. The normalized spacial score (nSPS) is 22.0. The highest BCUT2D eigenvalue weighted by Gasteiger charge is 2.58. The molecule has 3 aliphatic rings. The fraction of sp³-hybridized carbons (Fsp3) is 0.607. The summed E-state index contributed by atoms with van der Waals surface area (Å²) < 4.78 is 61.1. The topological polar surface area (TPSA) is 88.0 Å². The highest BCUT2D eigenvalue weighted by Crippen LogP contribution is 2.53. The number of carbonyl (C=O) groups is 1. The highest BCUT2D eigenvalue weighted by molar-refractivity contribution is 5.95. The second-order valence-corrected chi connectivity index (χ2v) is 11.2. The van der Waals surface area contributed by atoms with Crippen LogP contribution >= 0.6 is 0 Å². The maximum absolute atomic E-state index is 14.9. The second-order valence-electron chi connectivity index (χ2n) is 11.2. The zero-order valence-corrected chi connectivity index (χ0v) is 22.2. The van der Waals surface area contributed by atoms with Crippen LogP contribution in [0, 0.1) is 22.1 Å². The van der Waals surface area contributed by atoms with E-state index in [9.17, 15) is 27.3 Å². The van der Waals surface area contributed by atoms with Crippen molar-refractivity contribution in [3.05, 3.63) is 46.9 Å². The largest absolute Gasteiger partial charge is 0.476 e. The van der Waals surface area contributed by atoms with Crippen molar-refractivity contribution in [2.75, 3.05) is 39.3 Å². The maximum atomic E-state index is 14.9. The average molecular weight is 564 g/mol. The monoisotopic (exact) mass is 563 g/mol. The Morgan fingerprint density at radius 3 is 2.45 bits per heavy atom. The van der Waals surface area contributed by atoms with Gasteiger partial charge in [-0.05, 0) is 69.7 Å². The quantitative estimate of drug-likeness (QED) is 0.312. The molecule has 0 N–H and O–H groups in total. The Morgan fingerprint density at radius 1 is 1.07 bits per heavy atom. The Bertz CT molecular complexity index is 1200. The van der Waals surface area contributed by atoms with Gasteiger partial charge < -0.3 is 14.5 Å². The molecule has 2 aromatic rings. The van der Waals surface area contributed by atoms with Crippen LogP contribution in [0.3, 0.4) is 0 Å². The van der Waals surface area contributed by atoms with E-state index in [1.165, 1.54) is 29.4 Å². The lowest BCUT2D eigenvalue weighted by atomic mass is 9.67. The number of rotatable bonds is 8. The minimum absolute atomic E-state index is 0.0736. The Labute approximate surface area is 230 Å². The molecule has 0 spiro atoms. The van der Waals surface area contributed by atoms with Gasteiger partial charge in [0.25, 0.3) is 5.91 Å². The molecule has 8 nitrogen and oxygen atoms in total. The van der Waals surface area contributed by atoms with Gasteiger partial charge in [-0.25, -0.2) is 14.4 Å². The molecule has 1 saturated carbocycles. The van der Waals surface area contributed by atoms with Crippen molar-refractivity contribution >= 4 is 5.91 Å². The number of alkyl halides is 3. The summed E-state index contributed by atoms with van der Waals surface area (Å²) in [5.74, 6) is -0.624. The van der Waals surface area contributed by atoms with Gasteiger partial charge >= 0.3 is 6.18 Å². The van der Waals surface area contributed by atoms with Crippen molar-refractivity contribution in [3.8, 4) is 17.1 Å². The molecule has 1 aliphatic carbocycles. The Kier molecular flexibility index (Phi) is 8.34. The Morgan fingerprint density at radius 2 is 1.85 bits per heavy atom. The van der Waals surface area contributed by atoms with Crippen LogP contribution in [0.15, 0.2) is 35.8 Å². The van der Waals surface area contributed by atoms with Crippen molar-refractivity contribution in [3.63, 3.8) is 0 Å². The fourth-order valence-electron chi connectivity index (χ4n) is 5.86. The summed E-state index contributed by atoms with van der Waals surface area (Å²) >= 11 is 0. The predicted molar refractivity (Wildman–Crippen MR) is 139 cm³/mol. The number of benzene rings is 1. The van der Waals surface area contributed by atoms with Gasteiger partial charge in [0.1, 0.15) is 11.9 Å². The predicted octanol–water partition coefficient (Wildman–Crippen LogP) is 5.48. The first-order valence-electron chi connectivity index (χ1n) is 13.8. The molecule has 40 heavy (non-hydrogen) atoms. The number of amides is 1. The van der Waals surface area contributed by atoms with Crippen LogP contribution in [0.5, 0.6) is 5.88 Å². The van der Waals surface area contributed by atoms with Crippen LogP contribution in [0.2, 0.25) is 0 Å². The smallest absolute Gasteiger partial charge is 0.395 e. The van der Waals surface area contributed by atoms with E-state index < -0.39 is 29.4 Å². The third-order valence-electron chi connectivity index (χ3n) is 8.57. The number of aromatic nitrogens is 2. The zero-order valence-electron chi connectivity index (χ0n) is 22.2. The number of hydrogen-bond acceptors (Lipinski definition) is 7. The first-order valence-corrected chi connectivity index (χ1v) is 13.8. The first kappa shape index (κ1) is 28.4. The van der Waals surface area contributed by atoms with Gasteiger partial charge in [-0.15, -0.1) is 0 Å². The minimum Gasteiger partial charge on any atom is -0.476 e. The zero-order chi connectivity index (χ0) is 28.3. The third-order valence-corrected chi connectivity index (χ3v) is 8.57. The molecule has 1 atom stereocenters. The first-order chi connectivity index (χ1) is 19.2. The van der Waals surface area contributed by atoms with Gasteiger partial charge in [0.05, 0.1) is 35.7 Å². The number of likely N-dealkylation sites (tertiary alicyclic amines) is 2. The average Bonchev–Trinajstić information content (AvgIpc) is 2.93. The molecule has 2 aliphatic heterocycles. The van der Waals surface area contributed by atoms with E-state index in [1.807, 2.05) is 4.90 Å². The van der Waals surface area contributed by atoms with E-state index in [4.69, 9.17) is 4.74 Å². The lowest BCUT2D eigenvalue weighted by Gasteiger charge is -2.47. The summed E-state index contributed by atoms with van der Waals surface area (Å²) in [4.78, 5) is 35.6. The molecule has 1 aromatic carbocycles. The van der Waals surface area contributed by atoms with Crippen molar-refractivity contribution in [2.24, 2.45) is 16.5 Å². The number of halogens is 4. The molecule has 1 amide bonds. The van der Waals surface area contributed by atoms with Crippen LogP contribution in [0.25, 0.3) is 11.3 Å². The van der Waals surface area contributed by atoms with E-state index in [1.54, 1.807) is 6.07 Å². The van der Waals surface area contributed by atoms with E-state index in [-0.39, 0.29) is 37.4 Å². The van der Waals surface area contributed by atoms with Gasteiger partial charge in [-0.2, -0.15) is 18.1 Å². The van der Waals surface area contributed by atoms with Crippen molar-refractivity contribution in [2.45, 2.75) is 57.2 Å². The Balaban J connectivity index is 1.11. The van der Waals surface area contributed by atoms with Crippen molar-refractivity contribution in [1.29, 1.82) is 0 Å². The number of nitrogens with zero attached hydrogens (tertiary/aromatic N) is 5. The Hall–Kier alpha value is -3.15. The second kappa shape index (κ2) is 11.8. The van der Waals surface area contributed by atoms with Crippen LogP contribution in [0.4, 0.5) is 17.6 Å². The molecule has 3 heterocycles. The minimum atomic E-state index is -4.14. The molecule has 216 valence electrons. The molecular weight excluding hydrogens is 530 g/mol. The number of ether oxygens (including phenoxy) is 1. The van der Waals surface area contributed by atoms with E-state index in [0.29, 0.717) is 62.6 Å². The standard InChI is InChI=1S/C28H33F4N5O3/c29-23-13-20(4-5-22(23)26(38)37-10-1-3-21(16-37)35-39)24-14-34-25(15-33-24)40-17-19-6-11-36(12-7-19)18-27(8-2-9-27)28(30,31)32/h4-5,13-15,19,21H,1-3,6-12,16-18H2. The molecule has 3 fully saturated rings. The van der Waals surface area contributed by atoms with Crippen LogP contribution in [-0.4, -0.2) is 77.2 Å². The summed E-state index contributed by atoms with van der Waals surface area (Å²) in [6.45, 7) is 2.36. The molecule has 1 unspecified atom stereocenters. The molecule has 0 bridgehead atoms. The van der Waals surface area contributed by atoms with Crippen LogP contribution in [-0.2, 0) is 0 Å². The molecule has 1 aromatic heterocycles. The summed E-state index contributed by atoms with van der Waals surface area (Å²) in [6.07, 6.45) is 2.65.